The van der Waals surface area contributed by atoms with Crippen molar-refractivity contribution in [3.05, 3.63) is 33.1 Å². The number of aromatic amines is 1. The number of alkyl halides is 2. The van der Waals surface area contributed by atoms with Crippen molar-refractivity contribution >= 4 is 45.2 Å². The average Bonchev–Trinajstić information content (AvgIpc) is 2.59. The van der Waals surface area contributed by atoms with E-state index in [-0.39, 0.29) is 17.9 Å². The second-order valence-corrected chi connectivity index (χ2v) is 6.03. The molecule has 1 aliphatic heterocycles. The number of aromatic nitrogens is 2. The Bertz CT molecular complexity index is 484. The van der Waals surface area contributed by atoms with Gasteiger partial charge in [-0.05, 0) is 0 Å². The van der Waals surface area contributed by atoms with Crippen LogP contribution in [0.1, 0.15) is 12.6 Å². The van der Waals surface area contributed by atoms with E-state index in [1.165, 1.54) is 16.8 Å². The first kappa shape index (κ1) is 12.6. The van der Waals surface area contributed by atoms with E-state index in [0.29, 0.717) is 3.92 Å². The lowest BCUT2D eigenvalue weighted by Gasteiger charge is -2.13. The van der Waals surface area contributed by atoms with E-state index in [0.717, 1.165) is 10.8 Å². The first-order valence-corrected chi connectivity index (χ1v) is 7.56. The molecule has 2 rings (SSSR count). The van der Waals surface area contributed by atoms with E-state index in [1.807, 2.05) is 0 Å². The maximum absolute atomic E-state index is 11.6. The summed E-state index contributed by atoms with van der Waals surface area (Å²) >= 11 is 4.61. The van der Waals surface area contributed by atoms with Gasteiger partial charge in [0.05, 0.1) is 6.10 Å². The van der Waals surface area contributed by atoms with Crippen LogP contribution in [0, 0.1) is 0 Å². The number of ether oxygens (including phenoxy) is 1. The molecule has 0 unspecified atom stereocenters. The molecular weight excluding hydrogens is 438 g/mol. The fourth-order valence-electron chi connectivity index (χ4n) is 1.65. The Kier molecular flexibility index (Phi) is 4.06. The molecule has 1 aromatic rings. The normalized spacial score (nSPS) is 29.5. The zero-order chi connectivity index (χ0) is 11.7. The highest BCUT2D eigenvalue weighted by Crippen LogP contribution is 2.33. The lowest BCUT2D eigenvalue weighted by Crippen LogP contribution is -2.31. The van der Waals surface area contributed by atoms with Gasteiger partial charge in [0, 0.05) is 27.0 Å². The van der Waals surface area contributed by atoms with Crippen LogP contribution >= 0.6 is 45.2 Å². The molecule has 3 atom stereocenters. The van der Waals surface area contributed by atoms with Crippen LogP contribution in [0.4, 0.5) is 0 Å². The van der Waals surface area contributed by atoms with Gasteiger partial charge in [0.15, 0.2) is 0 Å². The Morgan fingerprint density at radius 2 is 2.31 bits per heavy atom. The van der Waals surface area contributed by atoms with Crippen LogP contribution in [-0.4, -0.2) is 24.0 Å². The molecule has 0 radical (unpaired) electrons. The number of rotatable bonds is 2. The third kappa shape index (κ3) is 2.50. The van der Waals surface area contributed by atoms with E-state index in [1.54, 1.807) is 0 Å². The summed E-state index contributed by atoms with van der Waals surface area (Å²) in [6.45, 7) is 0. The van der Waals surface area contributed by atoms with E-state index in [4.69, 9.17) is 4.74 Å². The Morgan fingerprint density at radius 3 is 2.88 bits per heavy atom. The summed E-state index contributed by atoms with van der Waals surface area (Å²) in [6.07, 6.45) is 2.20. The van der Waals surface area contributed by atoms with Gasteiger partial charge in [0.25, 0.3) is 5.56 Å². The summed E-state index contributed by atoms with van der Waals surface area (Å²) < 4.78 is 8.50. The summed E-state index contributed by atoms with van der Waals surface area (Å²) in [5.41, 5.74) is -0.786. The van der Waals surface area contributed by atoms with Gasteiger partial charge in [-0.25, -0.2) is 4.79 Å². The Morgan fingerprint density at radius 1 is 1.56 bits per heavy atom. The number of nitrogens with zero attached hydrogens (tertiary/aromatic N) is 1. The highest BCUT2D eigenvalue weighted by Gasteiger charge is 2.33. The monoisotopic (exact) mass is 448 g/mol. The molecule has 88 valence electrons. The van der Waals surface area contributed by atoms with Crippen LogP contribution in [0.15, 0.2) is 21.9 Å². The molecule has 1 aliphatic rings. The third-order valence-corrected chi connectivity index (χ3v) is 4.65. The molecule has 1 saturated heterocycles. The second kappa shape index (κ2) is 5.17. The minimum Gasteiger partial charge on any atom is -0.353 e. The fraction of sp³-hybridized carbons (Fsp3) is 0.556. The maximum atomic E-state index is 11.6. The first-order chi connectivity index (χ1) is 7.61. The molecule has 0 aliphatic carbocycles. The summed E-state index contributed by atoms with van der Waals surface area (Å²) in [4.78, 5) is 24.7. The van der Waals surface area contributed by atoms with Crippen LogP contribution in [0.2, 0.25) is 0 Å². The SMILES string of the molecule is O=c1ccn([C@H]2C[C@H](I)[C@@H](CI)O2)c(=O)[nH]1. The quantitative estimate of drug-likeness (QED) is 0.544. The molecule has 0 bridgehead atoms. The number of H-pyrrole nitrogens is 1. The zero-order valence-corrected chi connectivity index (χ0v) is 12.5. The Hall–Kier alpha value is 0.1000. The summed E-state index contributed by atoms with van der Waals surface area (Å²) in [6, 6.07) is 1.34. The van der Waals surface area contributed by atoms with Crippen molar-refractivity contribution in [1.29, 1.82) is 0 Å². The summed E-state index contributed by atoms with van der Waals surface area (Å²) in [7, 11) is 0. The van der Waals surface area contributed by atoms with Gasteiger partial charge in [-0.2, -0.15) is 0 Å². The van der Waals surface area contributed by atoms with Gasteiger partial charge in [-0.15, -0.1) is 0 Å². The molecule has 7 heteroatoms. The maximum Gasteiger partial charge on any atom is 0.330 e. The molecule has 1 fully saturated rings. The topological polar surface area (TPSA) is 64.1 Å². The van der Waals surface area contributed by atoms with Crippen molar-refractivity contribution in [3.63, 3.8) is 0 Å². The molecule has 2 heterocycles. The van der Waals surface area contributed by atoms with Crippen LogP contribution in [-0.2, 0) is 4.74 Å². The molecule has 1 N–H and O–H groups in total. The van der Waals surface area contributed by atoms with E-state index < -0.39 is 5.69 Å². The van der Waals surface area contributed by atoms with E-state index >= 15 is 0 Å². The van der Waals surface area contributed by atoms with Gasteiger partial charge in [0.2, 0.25) is 0 Å². The largest absolute Gasteiger partial charge is 0.353 e. The predicted molar refractivity (Wildman–Crippen MR) is 76.5 cm³/mol. The van der Waals surface area contributed by atoms with Crippen molar-refractivity contribution in [2.24, 2.45) is 0 Å². The molecule has 0 saturated carbocycles. The number of nitrogens with one attached hydrogen (secondary N) is 1. The van der Waals surface area contributed by atoms with E-state index in [9.17, 15) is 9.59 Å². The number of hydrogen-bond donors (Lipinski definition) is 1. The number of halogens is 2. The van der Waals surface area contributed by atoms with Crippen molar-refractivity contribution < 1.29 is 4.74 Å². The molecule has 1 aromatic heterocycles. The number of hydrogen-bond acceptors (Lipinski definition) is 3. The van der Waals surface area contributed by atoms with Gasteiger partial charge in [0.1, 0.15) is 6.23 Å². The van der Waals surface area contributed by atoms with Crippen molar-refractivity contribution in [1.82, 2.24) is 9.55 Å². The summed E-state index contributed by atoms with van der Waals surface area (Å²) in [5, 5.41) is 0. The highest BCUT2D eigenvalue weighted by atomic mass is 127. The molecule has 0 aromatic carbocycles. The molecule has 0 amide bonds. The molecule has 5 nitrogen and oxygen atoms in total. The Balaban J connectivity index is 2.27. The zero-order valence-electron chi connectivity index (χ0n) is 8.23. The van der Waals surface area contributed by atoms with Gasteiger partial charge in [-0.3, -0.25) is 14.3 Å². The minimum atomic E-state index is -0.407. The minimum absolute atomic E-state index is 0.171. The highest BCUT2D eigenvalue weighted by molar-refractivity contribution is 14.1. The Labute approximate surface area is 119 Å². The average molecular weight is 448 g/mol. The fourth-order valence-corrected chi connectivity index (χ4v) is 4.31. The predicted octanol–water partition coefficient (Wildman–Crippen LogP) is 1.06. The molecule has 16 heavy (non-hydrogen) atoms. The van der Waals surface area contributed by atoms with Crippen LogP contribution in [0.25, 0.3) is 0 Å². The van der Waals surface area contributed by atoms with Crippen LogP contribution < -0.4 is 11.2 Å². The van der Waals surface area contributed by atoms with Gasteiger partial charge < -0.3 is 4.74 Å². The standard InChI is InChI=1S/C9H10I2N2O3/c10-4-6-5(11)3-8(16-6)13-2-1-7(14)12-9(13)15/h1-2,5-6,8H,3-4H2,(H,12,14,15)/t5-,6+,8+/m0/s1. The molecular formula is C9H10I2N2O3. The van der Waals surface area contributed by atoms with Crippen LogP contribution in [0.3, 0.4) is 0 Å². The van der Waals surface area contributed by atoms with Crippen LogP contribution in [0.5, 0.6) is 0 Å². The van der Waals surface area contributed by atoms with Crippen molar-refractivity contribution in [3.8, 4) is 0 Å². The van der Waals surface area contributed by atoms with Gasteiger partial charge in [-0.1, -0.05) is 45.2 Å². The first-order valence-electron chi connectivity index (χ1n) is 4.79. The van der Waals surface area contributed by atoms with Gasteiger partial charge >= 0.3 is 5.69 Å². The lowest BCUT2D eigenvalue weighted by molar-refractivity contribution is 0.0122. The molecule has 0 spiro atoms. The van der Waals surface area contributed by atoms with Crippen molar-refractivity contribution in [2.45, 2.75) is 22.7 Å². The van der Waals surface area contributed by atoms with Crippen molar-refractivity contribution in [2.75, 3.05) is 4.43 Å². The second-order valence-electron chi connectivity index (χ2n) is 3.55. The smallest absolute Gasteiger partial charge is 0.330 e. The third-order valence-electron chi connectivity index (χ3n) is 2.48. The van der Waals surface area contributed by atoms with E-state index in [2.05, 4.69) is 50.2 Å². The summed E-state index contributed by atoms with van der Waals surface area (Å²) in [5.74, 6) is 0. The lowest BCUT2D eigenvalue weighted by atomic mass is 10.2.